The van der Waals surface area contributed by atoms with Crippen LogP contribution >= 0.6 is 0 Å². The van der Waals surface area contributed by atoms with Crippen molar-refractivity contribution < 1.29 is 18.7 Å². The van der Waals surface area contributed by atoms with Crippen molar-refractivity contribution in [2.45, 2.75) is 0 Å². The number of carbonyl (C=O) groups excluding carboxylic acids is 1. The summed E-state index contributed by atoms with van der Waals surface area (Å²) in [5.74, 6) is 0.213. The minimum absolute atomic E-state index is 0.138. The van der Waals surface area contributed by atoms with Gasteiger partial charge in [0.05, 0.1) is 29.9 Å². The van der Waals surface area contributed by atoms with E-state index in [1.165, 1.54) is 25.6 Å². The highest BCUT2D eigenvalue weighted by Gasteiger charge is 2.18. The van der Waals surface area contributed by atoms with Crippen molar-refractivity contribution in [2.24, 2.45) is 0 Å². The van der Waals surface area contributed by atoms with Crippen molar-refractivity contribution in [1.29, 1.82) is 0 Å². The first-order valence-electron chi connectivity index (χ1n) is 9.90. The van der Waals surface area contributed by atoms with Crippen molar-refractivity contribution in [3.8, 4) is 28.8 Å². The number of fused-ring (bicyclic) bond motifs is 1. The molecule has 0 aliphatic carbocycles. The number of H-pyrrole nitrogens is 1. The Balaban J connectivity index is 1.41. The van der Waals surface area contributed by atoms with Crippen LogP contribution in [0.4, 0.5) is 4.39 Å². The summed E-state index contributed by atoms with van der Waals surface area (Å²) >= 11 is 0. The van der Waals surface area contributed by atoms with E-state index >= 15 is 0 Å². The molecule has 3 aromatic heterocycles. The number of halogens is 1. The van der Waals surface area contributed by atoms with Crippen LogP contribution in [0.3, 0.4) is 0 Å². The highest BCUT2D eigenvalue weighted by molar-refractivity contribution is 6.08. The molecule has 9 heteroatoms. The number of nitrogens with one attached hydrogen (secondary N) is 1. The minimum atomic E-state index is -0.546. The van der Waals surface area contributed by atoms with E-state index in [1.807, 2.05) is 24.3 Å². The molecule has 5 aromatic rings. The summed E-state index contributed by atoms with van der Waals surface area (Å²) in [4.78, 5) is 32.6. The lowest BCUT2D eigenvalue weighted by molar-refractivity contribution is 0.103. The van der Waals surface area contributed by atoms with Crippen molar-refractivity contribution in [2.75, 3.05) is 7.11 Å². The fourth-order valence-corrected chi connectivity index (χ4v) is 3.33. The highest BCUT2D eigenvalue weighted by Crippen LogP contribution is 2.34. The van der Waals surface area contributed by atoms with E-state index in [4.69, 9.17) is 9.47 Å². The second-order valence-corrected chi connectivity index (χ2v) is 6.98. The van der Waals surface area contributed by atoms with Crippen LogP contribution in [0.25, 0.3) is 22.3 Å². The summed E-state index contributed by atoms with van der Waals surface area (Å²) in [6.07, 6.45) is 3.97. The smallest absolute Gasteiger partial charge is 0.246 e. The third-order valence-electron chi connectivity index (χ3n) is 4.87. The normalized spacial score (nSPS) is 10.8. The molecule has 5 rings (SSSR count). The van der Waals surface area contributed by atoms with Gasteiger partial charge in [-0.05, 0) is 42.5 Å². The summed E-state index contributed by atoms with van der Waals surface area (Å²) in [6, 6.07) is 15.2. The van der Waals surface area contributed by atoms with E-state index in [9.17, 15) is 9.18 Å². The standard InChI is InChI=1S/C24H16FN5O3/c1-32-23-17(12-15(25)13-28-23)20-24(27-11-10-26-20)33-16-8-6-14(7-9-16)21(31)22-29-18-4-2-3-5-19(18)30-22/h2-13H,1H3,(H,29,30). The number of hydrogen-bond donors (Lipinski definition) is 1. The third-order valence-corrected chi connectivity index (χ3v) is 4.87. The number of pyridine rings is 1. The van der Waals surface area contributed by atoms with Gasteiger partial charge in [-0.1, -0.05) is 12.1 Å². The average Bonchev–Trinajstić information content (AvgIpc) is 3.29. The Morgan fingerprint density at radius 1 is 0.970 bits per heavy atom. The molecule has 0 amide bonds. The van der Waals surface area contributed by atoms with Crippen molar-refractivity contribution in [1.82, 2.24) is 24.9 Å². The summed E-state index contributed by atoms with van der Waals surface area (Å²) in [7, 11) is 1.43. The number of aromatic amines is 1. The van der Waals surface area contributed by atoms with Crippen molar-refractivity contribution in [3.05, 3.63) is 90.4 Å². The fourth-order valence-electron chi connectivity index (χ4n) is 3.33. The van der Waals surface area contributed by atoms with Gasteiger partial charge in [0.1, 0.15) is 17.3 Å². The van der Waals surface area contributed by atoms with Crippen LogP contribution < -0.4 is 9.47 Å². The molecule has 0 saturated carbocycles. The van der Waals surface area contributed by atoms with E-state index in [0.29, 0.717) is 16.9 Å². The van der Waals surface area contributed by atoms with Gasteiger partial charge >= 0.3 is 0 Å². The molecule has 0 fully saturated rings. The maximum absolute atomic E-state index is 13.8. The van der Waals surface area contributed by atoms with Gasteiger partial charge in [0, 0.05) is 18.0 Å². The molecule has 0 saturated heterocycles. The first-order valence-corrected chi connectivity index (χ1v) is 9.90. The SMILES string of the molecule is COc1ncc(F)cc1-c1nccnc1Oc1ccc(C(=O)c2nc3ccccc3[nH]2)cc1. The zero-order chi connectivity index (χ0) is 22.8. The van der Waals surface area contributed by atoms with Crippen molar-refractivity contribution >= 4 is 16.8 Å². The fraction of sp³-hybridized carbons (Fsp3) is 0.0417. The second-order valence-electron chi connectivity index (χ2n) is 6.98. The number of aromatic nitrogens is 5. The molecular formula is C24H16FN5O3. The van der Waals surface area contributed by atoms with E-state index in [0.717, 1.165) is 17.2 Å². The Labute approximate surface area is 187 Å². The second kappa shape index (κ2) is 8.46. The Morgan fingerprint density at radius 3 is 2.55 bits per heavy atom. The molecule has 0 atom stereocenters. The number of methoxy groups -OCH3 is 1. The lowest BCUT2D eigenvalue weighted by Crippen LogP contribution is -2.03. The molecule has 0 unspecified atom stereocenters. The molecule has 0 aliphatic heterocycles. The van der Waals surface area contributed by atoms with Gasteiger partial charge in [0.25, 0.3) is 0 Å². The zero-order valence-corrected chi connectivity index (χ0v) is 17.3. The summed E-state index contributed by atoms with van der Waals surface area (Å²) < 4.78 is 24.9. The van der Waals surface area contributed by atoms with Gasteiger partial charge in [0.2, 0.25) is 17.5 Å². The van der Waals surface area contributed by atoms with E-state index in [-0.39, 0.29) is 29.1 Å². The topological polar surface area (TPSA) is 103 Å². The van der Waals surface area contributed by atoms with E-state index in [1.54, 1.807) is 24.3 Å². The van der Waals surface area contributed by atoms with E-state index < -0.39 is 5.82 Å². The monoisotopic (exact) mass is 441 g/mol. The number of imidazole rings is 1. The first-order chi connectivity index (χ1) is 16.1. The van der Waals surface area contributed by atoms with Crippen molar-refractivity contribution in [3.63, 3.8) is 0 Å². The van der Waals surface area contributed by atoms with Crippen LogP contribution in [0.15, 0.2) is 73.2 Å². The number of ketones is 1. The third kappa shape index (κ3) is 3.99. The predicted molar refractivity (Wildman–Crippen MR) is 118 cm³/mol. The van der Waals surface area contributed by atoms with Crippen LogP contribution in [-0.2, 0) is 0 Å². The molecule has 162 valence electrons. The Kier molecular flexibility index (Phi) is 5.19. The van der Waals surface area contributed by atoms with Crippen LogP contribution in [0.1, 0.15) is 16.2 Å². The van der Waals surface area contributed by atoms with Gasteiger partial charge in [-0.15, -0.1) is 0 Å². The number of benzene rings is 2. The maximum Gasteiger partial charge on any atom is 0.246 e. The van der Waals surface area contributed by atoms with Crippen LogP contribution in [0.5, 0.6) is 17.5 Å². The Bertz CT molecular complexity index is 1430. The molecule has 8 nitrogen and oxygen atoms in total. The van der Waals surface area contributed by atoms with Gasteiger partial charge in [-0.2, -0.15) is 0 Å². The molecule has 0 bridgehead atoms. The molecule has 0 spiro atoms. The van der Waals surface area contributed by atoms with Gasteiger partial charge < -0.3 is 14.5 Å². The molecule has 0 radical (unpaired) electrons. The molecule has 3 heterocycles. The van der Waals surface area contributed by atoms with Gasteiger partial charge in [0.15, 0.2) is 5.82 Å². The zero-order valence-electron chi connectivity index (χ0n) is 17.3. The number of carbonyl (C=O) groups is 1. The molecule has 1 N–H and O–H groups in total. The first kappa shape index (κ1) is 20.3. The van der Waals surface area contributed by atoms with E-state index in [2.05, 4.69) is 24.9 Å². The minimum Gasteiger partial charge on any atom is -0.481 e. The summed E-state index contributed by atoms with van der Waals surface area (Å²) in [6.45, 7) is 0. The largest absolute Gasteiger partial charge is 0.481 e. The number of rotatable bonds is 6. The predicted octanol–water partition coefficient (Wildman–Crippen LogP) is 4.59. The lowest BCUT2D eigenvalue weighted by atomic mass is 10.1. The highest BCUT2D eigenvalue weighted by atomic mass is 19.1. The van der Waals surface area contributed by atoms with Crippen LogP contribution in [0.2, 0.25) is 0 Å². The lowest BCUT2D eigenvalue weighted by Gasteiger charge is -2.11. The maximum atomic E-state index is 13.8. The number of nitrogens with zero attached hydrogens (tertiary/aromatic N) is 4. The summed E-state index contributed by atoms with van der Waals surface area (Å²) in [5, 5.41) is 0. The number of hydrogen-bond acceptors (Lipinski definition) is 7. The molecular weight excluding hydrogens is 425 g/mol. The Hall–Kier alpha value is -4.66. The quantitative estimate of drug-likeness (QED) is 0.385. The number of ether oxygens (including phenoxy) is 2. The molecule has 33 heavy (non-hydrogen) atoms. The van der Waals surface area contributed by atoms with Gasteiger partial charge in [-0.25, -0.2) is 24.3 Å². The van der Waals surface area contributed by atoms with Crippen LogP contribution in [0, 0.1) is 5.82 Å². The molecule has 0 aliphatic rings. The number of para-hydroxylation sites is 2. The Morgan fingerprint density at radius 2 is 1.76 bits per heavy atom. The van der Waals surface area contributed by atoms with Crippen LogP contribution in [-0.4, -0.2) is 37.8 Å². The summed E-state index contributed by atoms with van der Waals surface area (Å²) in [5.41, 5.74) is 2.52. The van der Waals surface area contributed by atoms with Gasteiger partial charge in [-0.3, -0.25) is 4.79 Å². The average molecular weight is 441 g/mol. The molecule has 2 aromatic carbocycles.